The Hall–Kier alpha value is -3.98. The summed E-state index contributed by atoms with van der Waals surface area (Å²) in [5.41, 5.74) is 2.73. The lowest BCUT2D eigenvalue weighted by atomic mass is 9.93. The molecule has 0 fully saturated rings. The lowest BCUT2D eigenvalue weighted by Gasteiger charge is -2.37. The van der Waals surface area contributed by atoms with Crippen LogP contribution in [0, 0.1) is 6.92 Å². The van der Waals surface area contributed by atoms with E-state index in [0.717, 1.165) is 5.69 Å². The molecule has 3 aromatic rings. The number of carboxylic acid groups (broad SMARTS) is 1. The van der Waals surface area contributed by atoms with Gasteiger partial charge in [-0.15, -0.1) is 0 Å². The SMILES string of the molecule is CC1=C(C(=O)Nc2cc(C)on2)[C@H](c2ccc(C(=O)O)cc2)NC(=S)N1c1ccccc1. The number of carbonyl (C=O) groups is 2. The maximum atomic E-state index is 13.4. The number of rotatable bonds is 5. The molecule has 8 nitrogen and oxygen atoms in total. The van der Waals surface area contributed by atoms with E-state index in [-0.39, 0.29) is 11.5 Å². The van der Waals surface area contributed by atoms with Crippen molar-refractivity contribution in [1.29, 1.82) is 0 Å². The molecule has 9 heteroatoms. The Bertz CT molecular complexity index is 1220. The lowest BCUT2D eigenvalue weighted by molar-refractivity contribution is -0.113. The van der Waals surface area contributed by atoms with Crippen molar-refractivity contribution in [3.05, 3.63) is 88.8 Å². The van der Waals surface area contributed by atoms with E-state index in [1.165, 1.54) is 12.1 Å². The van der Waals surface area contributed by atoms with Gasteiger partial charge in [0.1, 0.15) is 5.76 Å². The third-order valence-electron chi connectivity index (χ3n) is 5.10. The van der Waals surface area contributed by atoms with E-state index in [1.54, 1.807) is 30.0 Å². The molecule has 3 N–H and O–H groups in total. The number of hydrogen-bond donors (Lipinski definition) is 3. The Morgan fingerprint density at radius 2 is 1.81 bits per heavy atom. The predicted octanol–water partition coefficient (Wildman–Crippen LogP) is 4.03. The van der Waals surface area contributed by atoms with E-state index in [0.29, 0.717) is 33.5 Å². The van der Waals surface area contributed by atoms with Crippen molar-refractivity contribution in [1.82, 2.24) is 10.5 Å². The van der Waals surface area contributed by atoms with E-state index >= 15 is 0 Å². The molecule has 2 aromatic carbocycles. The van der Waals surface area contributed by atoms with Crippen LogP contribution in [0.25, 0.3) is 0 Å². The van der Waals surface area contributed by atoms with Gasteiger partial charge in [0.05, 0.1) is 17.2 Å². The molecule has 4 rings (SSSR count). The maximum Gasteiger partial charge on any atom is 0.335 e. The van der Waals surface area contributed by atoms with Gasteiger partial charge in [0, 0.05) is 17.5 Å². The number of hydrogen-bond acceptors (Lipinski definition) is 5. The molecule has 32 heavy (non-hydrogen) atoms. The number of aromatic carboxylic acids is 1. The summed E-state index contributed by atoms with van der Waals surface area (Å²) in [6.07, 6.45) is 0. The van der Waals surface area contributed by atoms with E-state index < -0.39 is 12.0 Å². The molecule has 0 bridgehead atoms. The Labute approximate surface area is 189 Å². The van der Waals surface area contributed by atoms with Crippen molar-refractivity contribution in [2.24, 2.45) is 0 Å². The second-order valence-electron chi connectivity index (χ2n) is 7.26. The van der Waals surface area contributed by atoms with Crippen molar-refractivity contribution in [3.63, 3.8) is 0 Å². The molecular weight excluding hydrogens is 428 g/mol. The molecule has 162 valence electrons. The van der Waals surface area contributed by atoms with Crippen molar-refractivity contribution in [3.8, 4) is 0 Å². The van der Waals surface area contributed by atoms with Crippen LogP contribution in [0.4, 0.5) is 11.5 Å². The third kappa shape index (κ3) is 4.10. The minimum absolute atomic E-state index is 0.155. The topological polar surface area (TPSA) is 108 Å². The van der Waals surface area contributed by atoms with Crippen molar-refractivity contribution >= 4 is 40.7 Å². The first-order valence-electron chi connectivity index (χ1n) is 9.79. The number of nitrogens with one attached hydrogen (secondary N) is 2. The van der Waals surface area contributed by atoms with Crippen molar-refractivity contribution in [2.75, 3.05) is 10.2 Å². The first-order chi connectivity index (χ1) is 15.3. The van der Waals surface area contributed by atoms with Crippen LogP contribution in [0.3, 0.4) is 0 Å². The van der Waals surface area contributed by atoms with Crippen LogP contribution in [0.15, 0.2) is 76.5 Å². The lowest BCUT2D eigenvalue weighted by Crippen LogP contribution is -2.48. The number of nitrogens with zero attached hydrogens (tertiary/aromatic N) is 2. The zero-order valence-corrected chi connectivity index (χ0v) is 18.1. The molecule has 1 amide bonds. The van der Waals surface area contributed by atoms with Gasteiger partial charge >= 0.3 is 5.97 Å². The molecule has 0 saturated heterocycles. The molecule has 1 aliphatic rings. The van der Waals surface area contributed by atoms with Gasteiger partial charge in [-0.1, -0.05) is 35.5 Å². The normalized spacial score (nSPS) is 16.0. The zero-order valence-electron chi connectivity index (χ0n) is 17.3. The Balaban J connectivity index is 1.79. The third-order valence-corrected chi connectivity index (χ3v) is 5.40. The van der Waals surface area contributed by atoms with Crippen molar-refractivity contribution < 1.29 is 19.2 Å². The van der Waals surface area contributed by atoms with Crippen LogP contribution < -0.4 is 15.5 Å². The molecule has 2 heterocycles. The van der Waals surface area contributed by atoms with Gasteiger partial charge in [-0.25, -0.2) is 4.79 Å². The van der Waals surface area contributed by atoms with Gasteiger partial charge in [0.25, 0.3) is 5.91 Å². The predicted molar refractivity (Wildman–Crippen MR) is 123 cm³/mol. The van der Waals surface area contributed by atoms with Crippen LogP contribution in [0.2, 0.25) is 0 Å². The molecule has 0 aliphatic carbocycles. The van der Waals surface area contributed by atoms with Gasteiger partial charge < -0.3 is 20.3 Å². The Morgan fingerprint density at radius 1 is 1.12 bits per heavy atom. The average Bonchev–Trinajstić information content (AvgIpc) is 3.18. The standard InChI is InChI=1S/C23H20N4O4S/c1-13-12-18(26-31-13)24-21(28)19-14(2)27(17-6-4-3-5-7-17)23(32)25-20(19)15-8-10-16(11-9-15)22(29)30/h3-12,20H,1-2H3,(H,25,32)(H,29,30)(H,24,26,28)/t20-/m0/s1. The maximum absolute atomic E-state index is 13.4. The molecule has 0 radical (unpaired) electrons. The number of thiocarbonyl (C=S) groups is 1. The number of aryl methyl sites for hydroxylation is 1. The highest BCUT2D eigenvalue weighted by Crippen LogP contribution is 2.34. The summed E-state index contributed by atoms with van der Waals surface area (Å²) in [5, 5.41) is 19.5. The highest BCUT2D eigenvalue weighted by atomic mass is 32.1. The summed E-state index contributed by atoms with van der Waals surface area (Å²) >= 11 is 5.63. The van der Waals surface area contributed by atoms with Gasteiger partial charge in [0.15, 0.2) is 10.9 Å². The zero-order chi connectivity index (χ0) is 22.8. The number of aromatic nitrogens is 1. The first kappa shape index (κ1) is 21.3. The molecule has 0 spiro atoms. The fourth-order valence-electron chi connectivity index (χ4n) is 3.60. The van der Waals surface area contributed by atoms with Crippen LogP contribution in [0.5, 0.6) is 0 Å². The van der Waals surface area contributed by atoms with E-state index in [9.17, 15) is 14.7 Å². The summed E-state index contributed by atoms with van der Waals surface area (Å²) in [7, 11) is 0. The van der Waals surface area contributed by atoms with E-state index in [2.05, 4.69) is 15.8 Å². The number of carboxylic acids is 1. The Kier molecular flexibility index (Phi) is 5.74. The quantitative estimate of drug-likeness (QED) is 0.502. The Morgan fingerprint density at radius 3 is 2.41 bits per heavy atom. The summed E-state index contributed by atoms with van der Waals surface area (Å²) < 4.78 is 5.05. The summed E-state index contributed by atoms with van der Waals surface area (Å²) in [6.45, 7) is 3.55. The smallest absolute Gasteiger partial charge is 0.335 e. The van der Waals surface area contributed by atoms with E-state index in [1.807, 2.05) is 37.3 Å². The van der Waals surface area contributed by atoms with Crippen LogP contribution in [-0.2, 0) is 4.79 Å². The number of para-hydroxylation sites is 1. The van der Waals surface area contributed by atoms with Gasteiger partial charge in [0.2, 0.25) is 0 Å². The highest BCUT2D eigenvalue weighted by molar-refractivity contribution is 7.80. The number of amides is 1. The summed E-state index contributed by atoms with van der Waals surface area (Å²) in [4.78, 5) is 26.4. The molecule has 1 aliphatic heterocycles. The number of carbonyl (C=O) groups excluding carboxylic acids is 1. The van der Waals surface area contributed by atoms with Gasteiger partial charge in [-0.05, 0) is 55.9 Å². The first-order valence-corrected chi connectivity index (χ1v) is 10.2. The minimum atomic E-state index is -1.02. The minimum Gasteiger partial charge on any atom is -0.478 e. The average molecular weight is 449 g/mol. The summed E-state index contributed by atoms with van der Waals surface area (Å²) in [6, 6.07) is 16.8. The van der Waals surface area contributed by atoms with Crippen molar-refractivity contribution in [2.45, 2.75) is 19.9 Å². The van der Waals surface area contributed by atoms with Crippen LogP contribution >= 0.6 is 12.2 Å². The second-order valence-corrected chi connectivity index (χ2v) is 7.64. The fraction of sp³-hybridized carbons (Fsp3) is 0.130. The van der Waals surface area contributed by atoms with Gasteiger partial charge in [-0.2, -0.15) is 0 Å². The number of allylic oxidation sites excluding steroid dienone is 1. The van der Waals surface area contributed by atoms with Crippen LogP contribution in [-0.4, -0.2) is 27.3 Å². The number of benzene rings is 2. The fourth-order valence-corrected chi connectivity index (χ4v) is 3.96. The molecule has 1 atom stereocenters. The monoisotopic (exact) mass is 448 g/mol. The van der Waals surface area contributed by atoms with E-state index in [4.69, 9.17) is 16.7 Å². The molecule has 0 saturated carbocycles. The molecule has 0 unspecified atom stereocenters. The second kappa shape index (κ2) is 8.64. The highest BCUT2D eigenvalue weighted by Gasteiger charge is 2.35. The molecule has 1 aromatic heterocycles. The van der Waals surface area contributed by atoms with Crippen LogP contribution in [0.1, 0.15) is 34.6 Å². The number of anilines is 2. The molecular formula is C23H20N4O4S. The summed E-state index contributed by atoms with van der Waals surface area (Å²) in [5.74, 6) is -0.531. The van der Waals surface area contributed by atoms with Gasteiger partial charge in [-0.3, -0.25) is 9.69 Å². The largest absolute Gasteiger partial charge is 0.478 e.